The Kier molecular flexibility index (Phi) is 7.42. The molecule has 1 aromatic carbocycles. The quantitative estimate of drug-likeness (QED) is 0.485. The number of hydrogen-bond donors (Lipinski definition) is 2. The highest BCUT2D eigenvalue weighted by Crippen LogP contribution is 2.30. The van der Waals surface area contributed by atoms with Gasteiger partial charge < -0.3 is 14.8 Å². The van der Waals surface area contributed by atoms with E-state index in [1.807, 2.05) is 18.3 Å². The van der Waals surface area contributed by atoms with Crippen molar-refractivity contribution in [2.75, 3.05) is 6.54 Å². The summed E-state index contributed by atoms with van der Waals surface area (Å²) in [5.41, 5.74) is 2.05. The zero-order valence-corrected chi connectivity index (χ0v) is 16.6. The van der Waals surface area contributed by atoms with Gasteiger partial charge >= 0.3 is 11.9 Å². The van der Waals surface area contributed by atoms with Crippen molar-refractivity contribution in [3.63, 3.8) is 0 Å². The van der Waals surface area contributed by atoms with Gasteiger partial charge in [-0.3, -0.25) is 14.5 Å². The number of fused-ring (bicyclic) bond motifs is 1. The van der Waals surface area contributed by atoms with Crippen molar-refractivity contribution in [3.8, 4) is 5.75 Å². The second-order valence-electron chi connectivity index (χ2n) is 7.39. The molecule has 0 aliphatic heterocycles. The third kappa shape index (κ3) is 5.82. The number of carboxylic acid groups (broad SMARTS) is 1. The van der Waals surface area contributed by atoms with E-state index in [1.54, 1.807) is 6.07 Å². The maximum absolute atomic E-state index is 12.1. The number of nitrogens with one attached hydrogen (secondary N) is 1. The molecule has 6 nitrogen and oxygen atoms in total. The molecular formula is C21H30N2O4. The topological polar surface area (TPSA) is 82.6 Å². The Morgan fingerprint density at radius 3 is 2.48 bits per heavy atom. The van der Waals surface area contributed by atoms with Crippen molar-refractivity contribution >= 4 is 22.8 Å². The average molecular weight is 374 g/mol. The van der Waals surface area contributed by atoms with E-state index in [9.17, 15) is 9.59 Å². The average Bonchev–Trinajstić information content (AvgIpc) is 2.98. The van der Waals surface area contributed by atoms with Gasteiger partial charge in [-0.05, 0) is 58.2 Å². The van der Waals surface area contributed by atoms with E-state index in [0.717, 1.165) is 29.4 Å². The first-order valence-electron chi connectivity index (χ1n) is 9.56. The molecule has 2 N–H and O–H groups in total. The summed E-state index contributed by atoms with van der Waals surface area (Å²) in [6.45, 7) is 9.70. The van der Waals surface area contributed by atoms with Gasteiger partial charge in [0, 0.05) is 48.6 Å². The summed E-state index contributed by atoms with van der Waals surface area (Å²) in [7, 11) is 0. The zero-order chi connectivity index (χ0) is 20.0. The minimum absolute atomic E-state index is 0.0328. The third-order valence-corrected chi connectivity index (χ3v) is 4.71. The first-order valence-corrected chi connectivity index (χ1v) is 9.56. The number of ether oxygens (including phenoxy) is 1. The van der Waals surface area contributed by atoms with Crippen molar-refractivity contribution in [1.29, 1.82) is 0 Å². The summed E-state index contributed by atoms with van der Waals surface area (Å²) < 4.78 is 5.54. The zero-order valence-electron chi connectivity index (χ0n) is 16.6. The number of carboxylic acids is 1. The Morgan fingerprint density at radius 2 is 1.85 bits per heavy atom. The van der Waals surface area contributed by atoms with Crippen LogP contribution in [0.3, 0.4) is 0 Å². The summed E-state index contributed by atoms with van der Waals surface area (Å²) >= 11 is 0. The molecule has 0 atom stereocenters. The highest BCUT2D eigenvalue weighted by molar-refractivity contribution is 5.91. The second kappa shape index (κ2) is 9.55. The monoisotopic (exact) mass is 374 g/mol. The Labute approximate surface area is 160 Å². The van der Waals surface area contributed by atoms with Crippen molar-refractivity contribution in [3.05, 3.63) is 30.0 Å². The van der Waals surface area contributed by atoms with Crippen LogP contribution >= 0.6 is 0 Å². The molecule has 1 aromatic heterocycles. The van der Waals surface area contributed by atoms with Crippen LogP contribution in [0.15, 0.2) is 24.4 Å². The van der Waals surface area contributed by atoms with Crippen LogP contribution in [-0.4, -0.2) is 45.6 Å². The molecule has 2 aromatic rings. The summed E-state index contributed by atoms with van der Waals surface area (Å²) in [5.74, 6) is -0.774. The molecule has 1 heterocycles. The maximum atomic E-state index is 12.1. The lowest BCUT2D eigenvalue weighted by atomic mass is 10.1. The number of rotatable bonds is 10. The van der Waals surface area contributed by atoms with Crippen LogP contribution in [0, 0.1) is 0 Å². The molecule has 0 amide bonds. The van der Waals surface area contributed by atoms with Crippen LogP contribution in [0.25, 0.3) is 10.9 Å². The van der Waals surface area contributed by atoms with Gasteiger partial charge in [-0.1, -0.05) is 6.07 Å². The number of aromatic nitrogens is 1. The van der Waals surface area contributed by atoms with Crippen LogP contribution in [0.1, 0.15) is 52.5 Å². The SMILES string of the molecule is CC(C)N(CCc1c[nH]c2cccc(OC(=O)CCCC(=O)O)c12)C(C)C. The Hall–Kier alpha value is -2.34. The molecule has 0 radical (unpaired) electrons. The minimum Gasteiger partial charge on any atom is -0.481 e. The van der Waals surface area contributed by atoms with Gasteiger partial charge in [0.05, 0.1) is 0 Å². The standard InChI is InChI=1S/C21H30N2O4/c1-14(2)23(15(3)4)12-11-16-13-22-17-7-5-8-18(21(16)17)27-20(26)10-6-9-19(24)25/h5,7-8,13-15,22H,6,9-12H2,1-4H3,(H,24,25). The van der Waals surface area contributed by atoms with Crippen molar-refractivity contribution in [2.24, 2.45) is 0 Å². The van der Waals surface area contributed by atoms with E-state index >= 15 is 0 Å². The van der Waals surface area contributed by atoms with E-state index in [-0.39, 0.29) is 19.3 Å². The van der Waals surface area contributed by atoms with Gasteiger partial charge in [0.1, 0.15) is 5.75 Å². The molecule has 0 saturated heterocycles. The lowest BCUT2D eigenvalue weighted by molar-refractivity contribution is -0.137. The molecular weight excluding hydrogens is 344 g/mol. The number of esters is 1. The first-order chi connectivity index (χ1) is 12.8. The normalized spacial score (nSPS) is 11.7. The van der Waals surface area contributed by atoms with Crippen LogP contribution in [0.2, 0.25) is 0 Å². The predicted molar refractivity (Wildman–Crippen MR) is 106 cm³/mol. The summed E-state index contributed by atoms with van der Waals surface area (Å²) in [6.07, 6.45) is 3.17. The fraction of sp³-hybridized carbons (Fsp3) is 0.524. The smallest absolute Gasteiger partial charge is 0.311 e. The highest BCUT2D eigenvalue weighted by atomic mass is 16.5. The van der Waals surface area contributed by atoms with Gasteiger partial charge in [0.15, 0.2) is 0 Å². The van der Waals surface area contributed by atoms with E-state index < -0.39 is 11.9 Å². The summed E-state index contributed by atoms with van der Waals surface area (Å²) in [5, 5.41) is 9.61. The number of carbonyl (C=O) groups excluding carboxylic acids is 1. The molecule has 0 aliphatic rings. The van der Waals surface area contributed by atoms with Crippen molar-refractivity contribution in [2.45, 2.75) is 65.5 Å². The molecule has 2 rings (SSSR count). The number of aliphatic carboxylic acids is 1. The van der Waals surface area contributed by atoms with E-state index in [4.69, 9.17) is 9.84 Å². The van der Waals surface area contributed by atoms with Crippen LogP contribution < -0.4 is 4.74 Å². The molecule has 0 spiro atoms. The highest BCUT2D eigenvalue weighted by Gasteiger charge is 2.17. The largest absolute Gasteiger partial charge is 0.481 e. The number of aromatic amines is 1. The third-order valence-electron chi connectivity index (χ3n) is 4.71. The minimum atomic E-state index is -0.905. The fourth-order valence-electron chi connectivity index (χ4n) is 3.42. The molecule has 0 saturated carbocycles. The van der Waals surface area contributed by atoms with Gasteiger partial charge in [-0.2, -0.15) is 0 Å². The molecule has 148 valence electrons. The molecule has 27 heavy (non-hydrogen) atoms. The number of nitrogens with zero attached hydrogens (tertiary/aromatic N) is 1. The number of hydrogen-bond acceptors (Lipinski definition) is 4. The number of benzene rings is 1. The van der Waals surface area contributed by atoms with Crippen LogP contribution in [0.4, 0.5) is 0 Å². The molecule has 0 bridgehead atoms. The van der Waals surface area contributed by atoms with Gasteiger partial charge in [-0.25, -0.2) is 0 Å². The Balaban J connectivity index is 2.13. The van der Waals surface area contributed by atoms with Gasteiger partial charge in [0.2, 0.25) is 0 Å². The summed E-state index contributed by atoms with van der Waals surface area (Å²) in [4.78, 5) is 28.4. The fourth-order valence-corrected chi connectivity index (χ4v) is 3.42. The predicted octanol–water partition coefficient (Wildman–Crippen LogP) is 3.99. The second-order valence-corrected chi connectivity index (χ2v) is 7.39. The first kappa shape index (κ1) is 21.0. The number of H-pyrrole nitrogens is 1. The van der Waals surface area contributed by atoms with Crippen molar-refractivity contribution < 1.29 is 19.4 Å². The molecule has 6 heteroatoms. The lowest BCUT2D eigenvalue weighted by Crippen LogP contribution is -2.38. The molecule has 0 fully saturated rings. The van der Waals surface area contributed by atoms with E-state index in [2.05, 4.69) is 37.6 Å². The molecule has 0 aliphatic carbocycles. The maximum Gasteiger partial charge on any atom is 0.311 e. The lowest BCUT2D eigenvalue weighted by Gasteiger charge is -2.30. The van der Waals surface area contributed by atoms with Crippen molar-refractivity contribution in [1.82, 2.24) is 9.88 Å². The molecule has 0 unspecified atom stereocenters. The Bertz CT molecular complexity index is 772. The van der Waals surface area contributed by atoms with Gasteiger partial charge in [-0.15, -0.1) is 0 Å². The summed E-state index contributed by atoms with van der Waals surface area (Å²) in [6, 6.07) is 6.51. The number of carbonyl (C=O) groups is 2. The van der Waals surface area contributed by atoms with E-state index in [0.29, 0.717) is 17.8 Å². The Morgan fingerprint density at radius 1 is 1.15 bits per heavy atom. The van der Waals surface area contributed by atoms with E-state index in [1.165, 1.54) is 0 Å². The van der Waals surface area contributed by atoms with Crippen LogP contribution in [0.5, 0.6) is 5.75 Å². The van der Waals surface area contributed by atoms with Crippen LogP contribution in [-0.2, 0) is 16.0 Å². The van der Waals surface area contributed by atoms with Gasteiger partial charge in [0.25, 0.3) is 0 Å².